The second-order valence-corrected chi connectivity index (χ2v) is 8.07. The van der Waals surface area contributed by atoms with Gasteiger partial charge in [0.05, 0.1) is 0 Å². The van der Waals surface area contributed by atoms with Crippen molar-refractivity contribution in [2.45, 2.75) is 71.8 Å². The molecule has 2 rings (SSSR count). The van der Waals surface area contributed by atoms with E-state index in [0.29, 0.717) is 5.41 Å². The zero-order chi connectivity index (χ0) is 14.6. The molecule has 2 nitrogen and oxygen atoms in total. The Kier molecular flexibility index (Phi) is 5.92. The van der Waals surface area contributed by atoms with E-state index in [-0.39, 0.29) is 0 Å². The fourth-order valence-corrected chi connectivity index (χ4v) is 4.14. The van der Waals surface area contributed by atoms with E-state index in [0.717, 1.165) is 17.9 Å². The van der Waals surface area contributed by atoms with E-state index in [9.17, 15) is 0 Å². The summed E-state index contributed by atoms with van der Waals surface area (Å²) < 4.78 is 0. The predicted octanol–water partition coefficient (Wildman–Crippen LogP) is 3.91. The van der Waals surface area contributed by atoms with Gasteiger partial charge >= 0.3 is 0 Å². The molecule has 0 aromatic carbocycles. The Labute approximate surface area is 126 Å². The van der Waals surface area contributed by atoms with Crippen LogP contribution in [-0.2, 0) is 0 Å². The van der Waals surface area contributed by atoms with Crippen LogP contribution in [0.2, 0.25) is 0 Å². The van der Waals surface area contributed by atoms with Crippen LogP contribution in [0.1, 0.15) is 65.7 Å². The van der Waals surface area contributed by atoms with Crippen molar-refractivity contribution in [3.05, 3.63) is 0 Å². The number of piperidine rings is 1. The minimum Gasteiger partial charge on any atom is -0.314 e. The molecule has 20 heavy (non-hydrogen) atoms. The van der Waals surface area contributed by atoms with Gasteiger partial charge < -0.3 is 10.2 Å². The van der Waals surface area contributed by atoms with Crippen molar-refractivity contribution in [2.75, 3.05) is 26.7 Å². The molecule has 1 aliphatic heterocycles. The van der Waals surface area contributed by atoms with Crippen LogP contribution in [0.4, 0.5) is 0 Å². The maximum Gasteiger partial charge on any atom is 0.00673 e. The summed E-state index contributed by atoms with van der Waals surface area (Å²) in [6.07, 6.45) is 9.81. The molecule has 1 saturated carbocycles. The van der Waals surface area contributed by atoms with Crippen molar-refractivity contribution >= 4 is 0 Å². The smallest absolute Gasteiger partial charge is 0.00673 e. The third kappa shape index (κ3) is 4.46. The SMILES string of the molecule is CCC(C)(C)C1CCC(NCC2CCCN(C)C2)CC1. The Morgan fingerprint density at radius 3 is 2.40 bits per heavy atom. The van der Waals surface area contributed by atoms with Crippen molar-refractivity contribution in [3.63, 3.8) is 0 Å². The molecule has 0 bridgehead atoms. The summed E-state index contributed by atoms with van der Waals surface area (Å²) in [5, 5.41) is 3.88. The molecule has 0 amide bonds. The van der Waals surface area contributed by atoms with Crippen molar-refractivity contribution in [1.29, 1.82) is 0 Å². The summed E-state index contributed by atoms with van der Waals surface area (Å²) in [6, 6.07) is 0.797. The molecule has 1 saturated heterocycles. The lowest BCUT2D eigenvalue weighted by Crippen LogP contribution is -2.42. The maximum absolute atomic E-state index is 3.88. The van der Waals surface area contributed by atoms with Gasteiger partial charge in [0.15, 0.2) is 0 Å². The van der Waals surface area contributed by atoms with Crippen LogP contribution in [0.15, 0.2) is 0 Å². The van der Waals surface area contributed by atoms with Crippen molar-refractivity contribution in [3.8, 4) is 0 Å². The van der Waals surface area contributed by atoms with E-state index in [4.69, 9.17) is 0 Å². The molecule has 1 heterocycles. The molecule has 0 spiro atoms. The first kappa shape index (κ1) is 16.3. The van der Waals surface area contributed by atoms with E-state index in [2.05, 4.69) is 38.0 Å². The second kappa shape index (κ2) is 7.26. The second-order valence-electron chi connectivity index (χ2n) is 8.07. The quantitative estimate of drug-likeness (QED) is 0.821. The highest BCUT2D eigenvalue weighted by molar-refractivity contribution is 4.85. The lowest BCUT2D eigenvalue weighted by Gasteiger charge is -2.39. The predicted molar refractivity (Wildman–Crippen MR) is 88.0 cm³/mol. The summed E-state index contributed by atoms with van der Waals surface area (Å²) in [5.74, 6) is 1.84. The van der Waals surface area contributed by atoms with Crippen molar-refractivity contribution in [1.82, 2.24) is 10.2 Å². The summed E-state index contributed by atoms with van der Waals surface area (Å²) in [7, 11) is 2.27. The summed E-state index contributed by atoms with van der Waals surface area (Å²) >= 11 is 0. The Morgan fingerprint density at radius 1 is 1.10 bits per heavy atom. The van der Waals surface area contributed by atoms with Crippen LogP contribution in [0.3, 0.4) is 0 Å². The van der Waals surface area contributed by atoms with E-state index in [1.165, 1.54) is 64.6 Å². The zero-order valence-corrected chi connectivity index (χ0v) is 14.3. The molecule has 1 N–H and O–H groups in total. The largest absolute Gasteiger partial charge is 0.314 e. The van der Waals surface area contributed by atoms with Gasteiger partial charge in [0.2, 0.25) is 0 Å². The molecule has 1 aliphatic carbocycles. The Balaban J connectivity index is 1.67. The molecule has 2 heteroatoms. The minimum atomic E-state index is 0.553. The lowest BCUT2D eigenvalue weighted by molar-refractivity contribution is 0.132. The van der Waals surface area contributed by atoms with Gasteiger partial charge in [-0.2, -0.15) is 0 Å². The maximum atomic E-state index is 3.88. The van der Waals surface area contributed by atoms with Gasteiger partial charge in [-0.15, -0.1) is 0 Å². The molecule has 0 aromatic rings. The van der Waals surface area contributed by atoms with Crippen LogP contribution < -0.4 is 5.32 Å². The van der Waals surface area contributed by atoms with Gasteiger partial charge in [-0.3, -0.25) is 0 Å². The molecule has 1 unspecified atom stereocenters. The minimum absolute atomic E-state index is 0.553. The highest BCUT2D eigenvalue weighted by Gasteiger charge is 2.31. The average molecular weight is 280 g/mol. The zero-order valence-electron chi connectivity index (χ0n) is 14.3. The highest BCUT2D eigenvalue weighted by atomic mass is 15.1. The molecular formula is C18H36N2. The first-order valence-corrected chi connectivity index (χ1v) is 8.93. The van der Waals surface area contributed by atoms with Gasteiger partial charge in [0.25, 0.3) is 0 Å². The first-order chi connectivity index (χ1) is 9.51. The lowest BCUT2D eigenvalue weighted by atomic mass is 9.69. The van der Waals surface area contributed by atoms with Crippen LogP contribution >= 0.6 is 0 Å². The number of likely N-dealkylation sites (tertiary alicyclic amines) is 1. The topological polar surface area (TPSA) is 15.3 Å². The van der Waals surface area contributed by atoms with Crippen LogP contribution in [-0.4, -0.2) is 37.6 Å². The van der Waals surface area contributed by atoms with Crippen LogP contribution in [0.5, 0.6) is 0 Å². The number of nitrogens with zero attached hydrogens (tertiary/aromatic N) is 1. The standard InChI is InChI=1S/C18H36N2/c1-5-18(2,3)16-8-10-17(11-9-16)19-13-15-7-6-12-20(4)14-15/h15-17,19H,5-14H2,1-4H3. The Bertz CT molecular complexity index is 279. The Hall–Kier alpha value is -0.0800. The fourth-order valence-electron chi connectivity index (χ4n) is 4.14. The van der Waals surface area contributed by atoms with Gasteiger partial charge in [-0.1, -0.05) is 27.2 Å². The van der Waals surface area contributed by atoms with Gasteiger partial charge in [-0.25, -0.2) is 0 Å². The molecule has 2 fully saturated rings. The third-order valence-corrected chi connectivity index (χ3v) is 6.16. The monoisotopic (exact) mass is 280 g/mol. The fraction of sp³-hybridized carbons (Fsp3) is 1.00. The van der Waals surface area contributed by atoms with Gasteiger partial charge in [-0.05, 0) is 75.9 Å². The number of hydrogen-bond acceptors (Lipinski definition) is 2. The normalized spacial score (nSPS) is 33.3. The highest BCUT2D eigenvalue weighted by Crippen LogP contribution is 2.40. The molecule has 118 valence electrons. The molecular weight excluding hydrogens is 244 g/mol. The summed E-state index contributed by atoms with van der Waals surface area (Å²) in [6.45, 7) is 11.1. The third-order valence-electron chi connectivity index (χ3n) is 6.16. The van der Waals surface area contributed by atoms with Gasteiger partial charge in [0.1, 0.15) is 0 Å². The molecule has 1 atom stereocenters. The van der Waals surface area contributed by atoms with E-state index in [1.807, 2.05) is 0 Å². The Morgan fingerprint density at radius 2 is 1.80 bits per heavy atom. The van der Waals surface area contributed by atoms with Crippen molar-refractivity contribution < 1.29 is 0 Å². The summed E-state index contributed by atoms with van der Waals surface area (Å²) in [4.78, 5) is 2.50. The van der Waals surface area contributed by atoms with Crippen molar-refractivity contribution in [2.24, 2.45) is 17.3 Å². The molecule has 0 aromatic heterocycles. The average Bonchev–Trinajstić information content (AvgIpc) is 2.46. The number of nitrogens with one attached hydrogen (secondary N) is 1. The van der Waals surface area contributed by atoms with E-state index in [1.54, 1.807) is 0 Å². The van der Waals surface area contributed by atoms with Crippen LogP contribution in [0.25, 0.3) is 0 Å². The van der Waals surface area contributed by atoms with E-state index >= 15 is 0 Å². The molecule has 2 aliphatic rings. The first-order valence-electron chi connectivity index (χ1n) is 8.93. The number of hydrogen-bond donors (Lipinski definition) is 1. The van der Waals surface area contributed by atoms with Crippen LogP contribution in [0, 0.1) is 17.3 Å². The van der Waals surface area contributed by atoms with Gasteiger partial charge in [0, 0.05) is 12.6 Å². The summed E-state index contributed by atoms with van der Waals surface area (Å²) in [5.41, 5.74) is 0.553. The number of rotatable bonds is 5. The molecule has 0 radical (unpaired) electrons. The van der Waals surface area contributed by atoms with E-state index < -0.39 is 0 Å².